The Morgan fingerprint density at radius 1 is 1.45 bits per heavy atom. The first-order valence-electron chi connectivity index (χ1n) is 7.30. The summed E-state index contributed by atoms with van der Waals surface area (Å²) in [5.74, 6) is 0.738. The third kappa shape index (κ3) is 3.28. The molecule has 0 unspecified atom stereocenters. The second kappa shape index (κ2) is 6.70. The van der Waals surface area contributed by atoms with Crippen LogP contribution in [0, 0.1) is 0 Å². The number of hydrogen-bond donors (Lipinski definition) is 1. The highest BCUT2D eigenvalue weighted by molar-refractivity contribution is 5.92. The van der Waals surface area contributed by atoms with Gasteiger partial charge < -0.3 is 15.1 Å². The Morgan fingerprint density at radius 3 is 2.75 bits per heavy atom. The van der Waals surface area contributed by atoms with Crippen molar-refractivity contribution in [2.24, 2.45) is 0 Å². The summed E-state index contributed by atoms with van der Waals surface area (Å²) in [5.41, 5.74) is 0.511. The molecule has 1 fully saturated rings. The molecule has 0 radical (unpaired) electrons. The van der Waals surface area contributed by atoms with Crippen LogP contribution in [0.4, 0.5) is 5.82 Å². The minimum Gasteiger partial charge on any atom is -0.373 e. The fraction of sp³-hybridized carbons (Fsp3) is 0.600. The van der Waals surface area contributed by atoms with Crippen LogP contribution in [0.25, 0.3) is 0 Å². The number of nitrogens with one attached hydrogen (secondary N) is 1. The first-order chi connectivity index (χ1) is 9.65. The summed E-state index contributed by atoms with van der Waals surface area (Å²) < 4.78 is 0. The predicted octanol–water partition coefficient (Wildman–Crippen LogP) is 1.68. The highest BCUT2D eigenvalue weighted by Crippen LogP contribution is 2.17. The predicted molar refractivity (Wildman–Crippen MR) is 81.0 cm³/mol. The van der Waals surface area contributed by atoms with Crippen LogP contribution in [0.15, 0.2) is 18.2 Å². The van der Waals surface area contributed by atoms with E-state index in [2.05, 4.69) is 22.1 Å². The molecule has 0 aromatic carbocycles. The van der Waals surface area contributed by atoms with Crippen molar-refractivity contribution in [3.05, 3.63) is 23.9 Å². The molecule has 2 rings (SSSR count). The molecular formula is C15H24N4O. The Hall–Kier alpha value is -1.62. The maximum atomic E-state index is 12.5. The highest BCUT2D eigenvalue weighted by atomic mass is 16.2. The molecule has 110 valence electrons. The summed E-state index contributed by atoms with van der Waals surface area (Å²) in [4.78, 5) is 21.1. The van der Waals surface area contributed by atoms with Gasteiger partial charge in [-0.05, 0) is 31.5 Å². The number of carbonyl (C=O) groups is 1. The maximum absolute atomic E-state index is 12.5. The van der Waals surface area contributed by atoms with E-state index in [0.717, 1.165) is 38.3 Å². The Balaban J connectivity index is 2.01. The molecular weight excluding hydrogens is 252 g/mol. The van der Waals surface area contributed by atoms with Crippen molar-refractivity contribution < 1.29 is 4.79 Å². The van der Waals surface area contributed by atoms with Gasteiger partial charge in [0.1, 0.15) is 11.5 Å². The van der Waals surface area contributed by atoms with Crippen LogP contribution in [-0.2, 0) is 0 Å². The minimum atomic E-state index is 0.0112. The number of piperidine rings is 1. The van der Waals surface area contributed by atoms with E-state index in [0.29, 0.717) is 11.7 Å². The number of likely N-dealkylation sites (tertiary alicyclic amines) is 1. The van der Waals surface area contributed by atoms with Gasteiger partial charge in [-0.15, -0.1) is 0 Å². The highest BCUT2D eigenvalue weighted by Gasteiger charge is 2.25. The van der Waals surface area contributed by atoms with Crippen molar-refractivity contribution in [1.29, 1.82) is 0 Å². The molecule has 20 heavy (non-hydrogen) atoms. The van der Waals surface area contributed by atoms with Crippen molar-refractivity contribution >= 4 is 11.7 Å². The molecule has 1 saturated heterocycles. The molecule has 1 N–H and O–H groups in total. The van der Waals surface area contributed by atoms with Crippen molar-refractivity contribution in [2.45, 2.75) is 25.8 Å². The molecule has 0 aliphatic carbocycles. The van der Waals surface area contributed by atoms with Gasteiger partial charge in [-0.3, -0.25) is 4.79 Å². The molecule has 0 spiro atoms. The number of amides is 1. The lowest BCUT2D eigenvalue weighted by Crippen LogP contribution is -2.45. The SMILES string of the molecule is CCN1CCC(N(C)C(=O)c2cccc(NC)n2)CC1. The van der Waals surface area contributed by atoms with E-state index in [1.807, 2.05) is 24.1 Å². The Kier molecular flexibility index (Phi) is 4.95. The average Bonchev–Trinajstić information content (AvgIpc) is 2.53. The second-order valence-corrected chi connectivity index (χ2v) is 5.24. The van der Waals surface area contributed by atoms with E-state index in [4.69, 9.17) is 0 Å². The third-order valence-corrected chi connectivity index (χ3v) is 4.10. The smallest absolute Gasteiger partial charge is 0.272 e. The molecule has 0 atom stereocenters. The van der Waals surface area contributed by atoms with E-state index < -0.39 is 0 Å². The summed E-state index contributed by atoms with van der Waals surface area (Å²) in [6.07, 6.45) is 2.09. The zero-order valence-corrected chi connectivity index (χ0v) is 12.6. The average molecular weight is 276 g/mol. The van der Waals surface area contributed by atoms with E-state index in [9.17, 15) is 4.79 Å². The quantitative estimate of drug-likeness (QED) is 0.909. The van der Waals surface area contributed by atoms with E-state index in [-0.39, 0.29) is 5.91 Å². The number of carbonyl (C=O) groups excluding carboxylic acids is 1. The lowest BCUT2D eigenvalue weighted by molar-refractivity contribution is 0.0641. The summed E-state index contributed by atoms with van der Waals surface area (Å²) in [6.45, 7) is 5.42. The van der Waals surface area contributed by atoms with Gasteiger partial charge in [0.05, 0.1) is 0 Å². The van der Waals surface area contributed by atoms with Crippen molar-refractivity contribution in [3.63, 3.8) is 0 Å². The molecule has 5 nitrogen and oxygen atoms in total. The number of anilines is 1. The molecule has 1 aromatic rings. The summed E-state index contributed by atoms with van der Waals surface area (Å²) in [6, 6.07) is 5.82. The zero-order chi connectivity index (χ0) is 14.5. The molecule has 1 aromatic heterocycles. The Labute approximate surface area is 121 Å². The van der Waals surface area contributed by atoms with Crippen LogP contribution in [0.3, 0.4) is 0 Å². The molecule has 1 aliphatic heterocycles. The molecule has 1 aliphatic rings. The normalized spacial score (nSPS) is 16.9. The van der Waals surface area contributed by atoms with Crippen LogP contribution in [0.1, 0.15) is 30.3 Å². The fourth-order valence-electron chi connectivity index (χ4n) is 2.66. The Bertz CT molecular complexity index is 455. The van der Waals surface area contributed by atoms with E-state index >= 15 is 0 Å². The number of nitrogens with zero attached hydrogens (tertiary/aromatic N) is 3. The fourth-order valence-corrected chi connectivity index (χ4v) is 2.66. The summed E-state index contributed by atoms with van der Waals surface area (Å²) in [7, 11) is 3.70. The van der Waals surface area contributed by atoms with E-state index in [1.54, 1.807) is 13.1 Å². The number of aromatic nitrogens is 1. The van der Waals surface area contributed by atoms with Crippen LogP contribution < -0.4 is 5.32 Å². The topological polar surface area (TPSA) is 48.5 Å². The first-order valence-corrected chi connectivity index (χ1v) is 7.30. The number of rotatable bonds is 4. The van der Waals surface area contributed by atoms with Gasteiger partial charge in [0, 0.05) is 33.2 Å². The van der Waals surface area contributed by atoms with Gasteiger partial charge in [0.2, 0.25) is 0 Å². The molecule has 2 heterocycles. The largest absolute Gasteiger partial charge is 0.373 e. The van der Waals surface area contributed by atoms with Crippen LogP contribution in [0.2, 0.25) is 0 Å². The van der Waals surface area contributed by atoms with Gasteiger partial charge >= 0.3 is 0 Å². The molecule has 1 amide bonds. The lowest BCUT2D eigenvalue weighted by Gasteiger charge is -2.36. The monoisotopic (exact) mass is 276 g/mol. The molecule has 5 heteroatoms. The van der Waals surface area contributed by atoms with Crippen LogP contribution in [-0.4, -0.2) is 60.5 Å². The minimum absolute atomic E-state index is 0.0112. The molecule has 0 bridgehead atoms. The summed E-state index contributed by atoms with van der Waals surface area (Å²) in [5, 5.41) is 2.97. The van der Waals surface area contributed by atoms with Crippen molar-refractivity contribution in [3.8, 4) is 0 Å². The number of pyridine rings is 1. The van der Waals surface area contributed by atoms with Crippen LogP contribution >= 0.6 is 0 Å². The Morgan fingerprint density at radius 2 is 2.15 bits per heavy atom. The standard InChI is InChI=1S/C15H24N4O/c1-4-19-10-8-12(9-11-19)18(3)15(20)13-6-5-7-14(16-2)17-13/h5-7,12H,4,8-11H2,1-3H3,(H,16,17). The van der Waals surface area contributed by atoms with Gasteiger partial charge in [-0.2, -0.15) is 0 Å². The van der Waals surface area contributed by atoms with Crippen molar-refractivity contribution in [2.75, 3.05) is 39.0 Å². The number of hydrogen-bond acceptors (Lipinski definition) is 4. The molecule has 0 saturated carbocycles. The second-order valence-electron chi connectivity index (χ2n) is 5.24. The van der Waals surface area contributed by atoms with Crippen molar-refractivity contribution in [1.82, 2.24) is 14.8 Å². The summed E-state index contributed by atoms with van der Waals surface area (Å²) >= 11 is 0. The zero-order valence-electron chi connectivity index (χ0n) is 12.6. The van der Waals surface area contributed by atoms with Crippen LogP contribution in [0.5, 0.6) is 0 Å². The van der Waals surface area contributed by atoms with Gasteiger partial charge in [-0.1, -0.05) is 13.0 Å². The first kappa shape index (κ1) is 14.8. The van der Waals surface area contributed by atoms with Gasteiger partial charge in [0.15, 0.2) is 0 Å². The van der Waals surface area contributed by atoms with Gasteiger partial charge in [0.25, 0.3) is 5.91 Å². The maximum Gasteiger partial charge on any atom is 0.272 e. The lowest BCUT2D eigenvalue weighted by atomic mass is 10.0. The van der Waals surface area contributed by atoms with Gasteiger partial charge in [-0.25, -0.2) is 4.98 Å². The van der Waals surface area contributed by atoms with E-state index in [1.165, 1.54) is 0 Å². The third-order valence-electron chi connectivity index (χ3n) is 4.10.